The van der Waals surface area contributed by atoms with Crippen LogP contribution in [0.15, 0.2) is 66.7 Å². The molecule has 0 saturated heterocycles. The number of aromatic nitrogens is 1. The van der Waals surface area contributed by atoms with Gasteiger partial charge in [0, 0.05) is 5.56 Å². The number of pyridine rings is 1. The number of nitrogen functional groups attached to an aromatic ring is 1. The van der Waals surface area contributed by atoms with Gasteiger partial charge in [-0.25, -0.2) is 9.78 Å². The number of ether oxygens (including phenoxy) is 1. The van der Waals surface area contributed by atoms with Crippen LogP contribution in [0, 0.1) is 0 Å². The largest absolute Gasteiger partial charge is 0.489 e. The molecule has 3 N–H and O–H groups in total. The Morgan fingerprint density at radius 3 is 2.38 bits per heavy atom. The van der Waals surface area contributed by atoms with Crippen LogP contribution in [0.3, 0.4) is 0 Å². The van der Waals surface area contributed by atoms with E-state index in [1.807, 2.05) is 30.3 Å². The number of hydrogen-bond donors (Lipinski definition) is 2. The minimum Gasteiger partial charge on any atom is -0.489 e. The Labute approximate surface area is 139 Å². The standard InChI is InChI=1S/C19H16N2O3/c20-17-11-10-16(18(21-17)19(22)23)14-6-8-15(9-7-14)24-12-13-4-2-1-3-5-13/h1-11H,12H2,(H2,20,21)(H,22,23). The van der Waals surface area contributed by atoms with Crippen LogP contribution in [0.2, 0.25) is 0 Å². The fraction of sp³-hybridized carbons (Fsp3) is 0.0526. The van der Waals surface area contributed by atoms with E-state index in [0.29, 0.717) is 17.9 Å². The first-order valence-corrected chi connectivity index (χ1v) is 7.40. The second-order valence-corrected chi connectivity index (χ2v) is 5.24. The molecule has 0 aliphatic carbocycles. The Bertz CT molecular complexity index is 846. The summed E-state index contributed by atoms with van der Waals surface area (Å²) in [4.78, 5) is 15.2. The predicted molar refractivity (Wildman–Crippen MR) is 91.8 cm³/mol. The van der Waals surface area contributed by atoms with E-state index in [0.717, 1.165) is 11.1 Å². The van der Waals surface area contributed by atoms with Gasteiger partial charge in [0.15, 0.2) is 5.69 Å². The summed E-state index contributed by atoms with van der Waals surface area (Å²) in [5.74, 6) is -0.219. The molecular formula is C19H16N2O3. The molecule has 0 fully saturated rings. The lowest BCUT2D eigenvalue weighted by molar-refractivity contribution is 0.0691. The highest BCUT2D eigenvalue weighted by molar-refractivity contribution is 5.94. The number of carboxylic acid groups (broad SMARTS) is 1. The monoisotopic (exact) mass is 320 g/mol. The van der Waals surface area contributed by atoms with Crippen molar-refractivity contribution in [1.29, 1.82) is 0 Å². The van der Waals surface area contributed by atoms with E-state index >= 15 is 0 Å². The van der Waals surface area contributed by atoms with Crippen molar-refractivity contribution >= 4 is 11.8 Å². The Morgan fingerprint density at radius 2 is 1.71 bits per heavy atom. The summed E-state index contributed by atoms with van der Waals surface area (Å²) < 4.78 is 5.73. The maximum absolute atomic E-state index is 11.3. The van der Waals surface area contributed by atoms with Crippen LogP contribution in [0.4, 0.5) is 5.82 Å². The number of carbonyl (C=O) groups is 1. The van der Waals surface area contributed by atoms with Crippen LogP contribution < -0.4 is 10.5 Å². The summed E-state index contributed by atoms with van der Waals surface area (Å²) in [6.07, 6.45) is 0. The van der Waals surface area contributed by atoms with Crippen molar-refractivity contribution in [1.82, 2.24) is 4.98 Å². The minimum absolute atomic E-state index is 0.0621. The van der Waals surface area contributed by atoms with Gasteiger partial charge >= 0.3 is 5.97 Å². The molecule has 0 bridgehead atoms. The van der Waals surface area contributed by atoms with E-state index in [9.17, 15) is 9.90 Å². The lowest BCUT2D eigenvalue weighted by Crippen LogP contribution is -2.05. The molecule has 1 heterocycles. The molecule has 5 heteroatoms. The second kappa shape index (κ2) is 6.83. The van der Waals surface area contributed by atoms with Crippen molar-refractivity contribution in [2.45, 2.75) is 6.61 Å². The van der Waals surface area contributed by atoms with Gasteiger partial charge in [-0.2, -0.15) is 0 Å². The minimum atomic E-state index is -1.11. The van der Waals surface area contributed by atoms with Crippen LogP contribution in [0.5, 0.6) is 5.75 Å². The number of rotatable bonds is 5. The number of aromatic carboxylic acids is 1. The third-order valence-corrected chi connectivity index (χ3v) is 3.53. The molecule has 2 aromatic carbocycles. The van der Waals surface area contributed by atoms with Gasteiger partial charge in [0.25, 0.3) is 0 Å². The maximum Gasteiger partial charge on any atom is 0.355 e. The van der Waals surface area contributed by atoms with Crippen molar-refractivity contribution in [2.24, 2.45) is 0 Å². The van der Waals surface area contributed by atoms with Crippen molar-refractivity contribution in [3.05, 3.63) is 78.0 Å². The summed E-state index contributed by atoms with van der Waals surface area (Å²) in [7, 11) is 0. The molecule has 24 heavy (non-hydrogen) atoms. The second-order valence-electron chi connectivity index (χ2n) is 5.24. The highest BCUT2D eigenvalue weighted by Crippen LogP contribution is 2.26. The Morgan fingerprint density at radius 1 is 1.00 bits per heavy atom. The van der Waals surface area contributed by atoms with E-state index in [1.165, 1.54) is 0 Å². The lowest BCUT2D eigenvalue weighted by Gasteiger charge is -2.09. The van der Waals surface area contributed by atoms with Gasteiger partial charge in [-0.05, 0) is 35.4 Å². The summed E-state index contributed by atoms with van der Waals surface area (Å²) in [5, 5.41) is 9.27. The number of benzene rings is 2. The Balaban J connectivity index is 1.79. The van der Waals surface area contributed by atoms with Gasteiger partial charge in [-0.15, -0.1) is 0 Å². The number of nitrogens with two attached hydrogens (primary N) is 1. The lowest BCUT2D eigenvalue weighted by atomic mass is 10.0. The van der Waals surface area contributed by atoms with E-state index < -0.39 is 5.97 Å². The van der Waals surface area contributed by atoms with E-state index in [1.54, 1.807) is 36.4 Å². The number of carboxylic acids is 1. The average molecular weight is 320 g/mol. The molecule has 3 rings (SSSR count). The normalized spacial score (nSPS) is 10.3. The molecule has 0 amide bonds. The first-order valence-electron chi connectivity index (χ1n) is 7.40. The van der Waals surface area contributed by atoms with Crippen molar-refractivity contribution in [3.63, 3.8) is 0 Å². The van der Waals surface area contributed by atoms with Gasteiger partial charge in [0.2, 0.25) is 0 Å². The zero-order valence-electron chi connectivity index (χ0n) is 12.8. The van der Waals surface area contributed by atoms with Gasteiger partial charge in [-0.1, -0.05) is 42.5 Å². The van der Waals surface area contributed by atoms with Crippen molar-refractivity contribution < 1.29 is 14.6 Å². The highest BCUT2D eigenvalue weighted by atomic mass is 16.5. The number of hydrogen-bond acceptors (Lipinski definition) is 4. The fourth-order valence-corrected chi connectivity index (χ4v) is 2.34. The molecule has 0 atom stereocenters. The molecule has 0 aliphatic rings. The van der Waals surface area contributed by atoms with Crippen LogP contribution in [0.1, 0.15) is 16.1 Å². The van der Waals surface area contributed by atoms with Crippen molar-refractivity contribution in [2.75, 3.05) is 5.73 Å². The molecule has 0 aliphatic heterocycles. The van der Waals surface area contributed by atoms with Crippen LogP contribution in [-0.4, -0.2) is 16.1 Å². The highest BCUT2D eigenvalue weighted by Gasteiger charge is 2.14. The van der Waals surface area contributed by atoms with E-state index in [4.69, 9.17) is 10.5 Å². The van der Waals surface area contributed by atoms with Gasteiger partial charge < -0.3 is 15.6 Å². The molecular weight excluding hydrogens is 304 g/mol. The third kappa shape index (κ3) is 3.52. The zero-order valence-corrected chi connectivity index (χ0v) is 12.8. The van der Waals surface area contributed by atoms with Crippen LogP contribution >= 0.6 is 0 Å². The summed E-state index contributed by atoms with van der Waals surface area (Å²) in [6, 6.07) is 20.3. The first kappa shape index (κ1) is 15.6. The topological polar surface area (TPSA) is 85.4 Å². The summed E-state index contributed by atoms with van der Waals surface area (Å²) >= 11 is 0. The van der Waals surface area contributed by atoms with Gasteiger partial charge in [-0.3, -0.25) is 0 Å². The molecule has 0 radical (unpaired) electrons. The smallest absolute Gasteiger partial charge is 0.355 e. The number of nitrogens with zero attached hydrogens (tertiary/aromatic N) is 1. The summed E-state index contributed by atoms with van der Waals surface area (Å²) in [6.45, 7) is 0.476. The van der Waals surface area contributed by atoms with Crippen molar-refractivity contribution in [3.8, 4) is 16.9 Å². The van der Waals surface area contributed by atoms with Gasteiger partial charge in [0.1, 0.15) is 18.2 Å². The SMILES string of the molecule is Nc1ccc(-c2ccc(OCc3ccccc3)cc2)c(C(=O)O)n1. The zero-order chi connectivity index (χ0) is 16.9. The Kier molecular flexibility index (Phi) is 4.43. The molecule has 0 spiro atoms. The van der Waals surface area contributed by atoms with E-state index in [2.05, 4.69) is 4.98 Å². The van der Waals surface area contributed by atoms with Gasteiger partial charge in [0.05, 0.1) is 0 Å². The third-order valence-electron chi connectivity index (χ3n) is 3.53. The Hall–Kier alpha value is -3.34. The quantitative estimate of drug-likeness (QED) is 0.750. The maximum atomic E-state index is 11.3. The molecule has 120 valence electrons. The molecule has 3 aromatic rings. The first-order chi connectivity index (χ1) is 11.6. The molecule has 0 unspecified atom stereocenters. The predicted octanol–water partition coefficient (Wildman–Crippen LogP) is 3.61. The average Bonchev–Trinajstić information content (AvgIpc) is 2.61. The van der Waals surface area contributed by atoms with E-state index in [-0.39, 0.29) is 11.5 Å². The number of anilines is 1. The van der Waals surface area contributed by atoms with Crippen LogP contribution in [-0.2, 0) is 6.61 Å². The summed E-state index contributed by atoms with van der Waals surface area (Å²) in [5.41, 5.74) is 7.85. The molecule has 1 aromatic heterocycles. The molecule has 0 saturated carbocycles. The molecule has 5 nitrogen and oxygen atoms in total. The fourth-order valence-electron chi connectivity index (χ4n) is 2.34. The van der Waals surface area contributed by atoms with Crippen LogP contribution in [0.25, 0.3) is 11.1 Å².